The number of rotatable bonds is 2. The van der Waals surface area contributed by atoms with Crippen LogP contribution in [0.1, 0.15) is 5.56 Å². The maximum absolute atomic E-state index is 12.2. The first kappa shape index (κ1) is 13.2. The smallest absolute Gasteiger partial charge is 0.406 e. The lowest BCUT2D eigenvalue weighted by molar-refractivity contribution is -0.274. The summed E-state index contributed by atoms with van der Waals surface area (Å²) < 4.78 is 40.3. The van der Waals surface area contributed by atoms with Gasteiger partial charge in [0.2, 0.25) is 0 Å². The number of aromatic nitrogens is 1. The van der Waals surface area contributed by atoms with Crippen molar-refractivity contribution in [2.45, 2.75) is 13.3 Å². The number of benzene rings is 1. The van der Waals surface area contributed by atoms with Gasteiger partial charge in [-0.15, -0.1) is 13.2 Å². The van der Waals surface area contributed by atoms with E-state index in [1.54, 1.807) is 19.1 Å². The molecule has 0 radical (unpaired) electrons. The Morgan fingerprint density at radius 3 is 2.58 bits per heavy atom. The van der Waals surface area contributed by atoms with Crippen LogP contribution >= 0.6 is 0 Å². The standard InChI is InChI=1S/C13H11F3N2O/c1-8-5-10(17)7-18-12(8)9-3-2-4-11(6-9)19-13(14,15)16/h2-7H,17H2,1H3. The number of hydrogen-bond acceptors (Lipinski definition) is 3. The van der Waals surface area contributed by atoms with E-state index in [0.29, 0.717) is 16.9 Å². The highest BCUT2D eigenvalue weighted by Crippen LogP contribution is 2.28. The molecule has 6 heteroatoms. The Bertz CT molecular complexity index is 597. The predicted octanol–water partition coefficient (Wildman–Crippen LogP) is 3.54. The molecule has 0 fully saturated rings. The van der Waals surface area contributed by atoms with Crippen LogP contribution in [0.4, 0.5) is 18.9 Å². The third-order valence-corrected chi connectivity index (χ3v) is 2.44. The molecule has 19 heavy (non-hydrogen) atoms. The van der Waals surface area contributed by atoms with Gasteiger partial charge in [0, 0.05) is 5.56 Å². The van der Waals surface area contributed by atoms with Gasteiger partial charge in [-0.3, -0.25) is 4.98 Å². The minimum absolute atomic E-state index is 0.275. The van der Waals surface area contributed by atoms with Gasteiger partial charge in [-0.2, -0.15) is 0 Å². The third kappa shape index (κ3) is 3.37. The highest BCUT2D eigenvalue weighted by atomic mass is 19.4. The summed E-state index contributed by atoms with van der Waals surface area (Å²) in [4.78, 5) is 4.12. The topological polar surface area (TPSA) is 48.1 Å². The molecule has 0 amide bonds. The van der Waals surface area contributed by atoms with Crippen LogP contribution in [-0.4, -0.2) is 11.3 Å². The molecular weight excluding hydrogens is 257 g/mol. The molecule has 1 aromatic carbocycles. The number of alkyl halides is 3. The van der Waals surface area contributed by atoms with E-state index in [1.165, 1.54) is 24.4 Å². The van der Waals surface area contributed by atoms with E-state index < -0.39 is 6.36 Å². The number of nitrogen functional groups attached to an aromatic ring is 1. The van der Waals surface area contributed by atoms with Crippen molar-refractivity contribution in [3.63, 3.8) is 0 Å². The molecule has 0 saturated carbocycles. The highest BCUT2D eigenvalue weighted by Gasteiger charge is 2.31. The zero-order valence-electron chi connectivity index (χ0n) is 10.0. The Morgan fingerprint density at radius 1 is 1.21 bits per heavy atom. The normalized spacial score (nSPS) is 11.4. The number of halogens is 3. The minimum Gasteiger partial charge on any atom is -0.406 e. The number of hydrogen-bond donors (Lipinski definition) is 1. The van der Waals surface area contributed by atoms with E-state index in [9.17, 15) is 13.2 Å². The van der Waals surface area contributed by atoms with E-state index in [-0.39, 0.29) is 5.75 Å². The summed E-state index contributed by atoms with van der Waals surface area (Å²) >= 11 is 0. The zero-order valence-corrected chi connectivity index (χ0v) is 10.0. The quantitative estimate of drug-likeness (QED) is 0.906. The van der Waals surface area contributed by atoms with Gasteiger partial charge >= 0.3 is 6.36 Å². The van der Waals surface area contributed by atoms with Crippen molar-refractivity contribution in [3.05, 3.63) is 42.1 Å². The van der Waals surface area contributed by atoms with E-state index in [2.05, 4.69) is 9.72 Å². The monoisotopic (exact) mass is 268 g/mol. The highest BCUT2D eigenvalue weighted by molar-refractivity contribution is 5.66. The number of ether oxygens (including phenoxy) is 1. The number of nitrogens with two attached hydrogens (primary N) is 1. The van der Waals surface area contributed by atoms with Gasteiger partial charge in [0.25, 0.3) is 0 Å². The lowest BCUT2D eigenvalue weighted by atomic mass is 10.1. The molecule has 0 bridgehead atoms. The summed E-state index contributed by atoms with van der Waals surface area (Å²) in [5.74, 6) is -0.275. The average molecular weight is 268 g/mol. The van der Waals surface area contributed by atoms with Crippen LogP contribution in [0.15, 0.2) is 36.5 Å². The Hall–Kier alpha value is -2.24. The first-order chi connectivity index (χ1) is 8.85. The van der Waals surface area contributed by atoms with Crippen molar-refractivity contribution >= 4 is 5.69 Å². The van der Waals surface area contributed by atoms with Gasteiger partial charge in [-0.1, -0.05) is 12.1 Å². The number of nitrogens with zero attached hydrogens (tertiary/aromatic N) is 1. The van der Waals surface area contributed by atoms with Crippen LogP contribution in [0.5, 0.6) is 5.75 Å². The molecule has 0 aliphatic heterocycles. The minimum atomic E-state index is -4.71. The number of pyridine rings is 1. The van der Waals surface area contributed by atoms with Crippen LogP contribution in [-0.2, 0) is 0 Å². The van der Waals surface area contributed by atoms with Crippen molar-refractivity contribution in [2.75, 3.05) is 5.73 Å². The molecule has 0 saturated heterocycles. The van der Waals surface area contributed by atoms with Crippen molar-refractivity contribution in [2.24, 2.45) is 0 Å². The molecule has 2 rings (SSSR count). The van der Waals surface area contributed by atoms with Gasteiger partial charge < -0.3 is 10.5 Å². The molecule has 2 N–H and O–H groups in total. The average Bonchev–Trinajstić information content (AvgIpc) is 2.26. The summed E-state index contributed by atoms with van der Waals surface area (Å²) in [5.41, 5.74) is 7.98. The maximum atomic E-state index is 12.2. The summed E-state index contributed by atoms with van der Waals surface area (Å²) in [6.07, 6.45) is -3.25. The second-order valence-corrected chi connectivity index (χ2v) is 4.01. The number of aryl methyl sites for hydroxylation is 1. The first-order valence-electron chi connectivity index (χ1n) is 5.43. The number of anilines is 1. The van der Waals surface area contributed by atoms with E-state index >= 15 is 0 Å². The lowest BCUT2D eigenvalue weighted by Crippen LogP contribution is -2.17. The lowest BCUT2D eigenvalue weighted by Gasteiger charge is -2.11. The first-order valence-corrected chi connectivity index (χ1v) is 5.43. The zero-order chi connectivity index (χ0) is 14.0. The molecule has 3 nitrogen and oxygen atoms in total. The van der Waals surface area contributed by atoms with Crippen LogP contribution in [0.25, 0.3) is 11.3 Å². The summed E-state index contributed by atoms with van der Waals surface area (Å²) in [7, 11) is 0. The molecule has 1 aromatic heterocycles. The van der Waals surface area contributed by atoms with Gasteiger partial charge in [0.05, 0.1) is 17.6 Å². The third-order valence-electron chi connectivity index (χ3n) is 2.44. The van der Waals surface area contributed by atoms with Gasteiger partial charge in [0.15, 0.2) is 0 Å². The molecule has 100 valence electrons. The summed E-state index contributed by atoms with van der Waals surface area (Å²) in [6, 6.07) is 7.38. The largest absolute Gasteiger partial charge is 0.573 e. The molecule has 0 aliphatic carbocycles. The fourth-order valence-electron chi connectivity index (χ4n) is 1.74. The molecule has 2 aromatic rings. The Kier molecular flexibility index (Phi) is 3.33. The molecule has 0 unspecified atom stereocenters. The van der Waals surface area contributed by atoms with E-state index in [4.69, 9.17) is 5.73 Å². The fourth-order valence-corrected chi connectivity index (χ4v) is 1.74. The van der Waals surface area contributed by atoms with Crippen molar-refractivity contribution in [1.82, 2.24) is 4.98 Å². The van der Waals surface area contributed by atoms with E-state index in [0.717, 1.165) is 5.56 Å². The molecule has 0 aliphatic rings. The second kappa shape index (κ2) is 4.79. The molecule has 0 spiro atoms. The Morgan fingerprint density at radius 2 is 1.95 bits per heavy atom. The Labute approximate surface area is 107 Å². The maximum Gasteiger partial charge on any atom is 0.573 e. The fraction of sp³-hybridized carbons (Fsp3) is 0.154. The van der Waals surface area contributed by atoms with Crippen LogP contribution in [0.2, 0.25) is 0 Å². The van der Waals surface area contributed by atoms with Crippen LogP contribution in [0, 0.1) is 6.92 Å². The summed E-state index contributed by atoms with van der Waals surface area (Å²) in [5, 5.41) is 0. The van der Waals surface area contributed by atoms with E-state index in [1.807, 2.05) is 0 Å². The SMILES string of the molecule is Cc1cc(N)cnc1-c1cccc(OC(F)(F)F)c1. The van der Waals surface area contributed by atoms with Gasteiger partial charge in [0.1, 0.15) is 5.75 Å². The van der Waals surface area contributed by atoms with Crippen LogP contribution in [0.3, 0.4) is 0 Å². The molecule has 1 heterocycles. The summed E-state index contributed by atoms with van der Waals surface area (Å²) in [6.45, 7) is 1.79. The van der Waals surface area contributed by atoms with Crippen molar-refractivity contribution < 1.29 is 17.9 Å². The predicted molar refractivity (Wildman–Crippen MR) is 65.5 cm³/mol. The van der Waals surface area contributed by atoms with Crippen LogP contribution < -0.4 is 10.5 Å². The molecule has 0 atom stereocenters. The molecular formula is C13H11F3N2O. The second-order valence-electron chi connectivity index (χ2n) is 4.01. The Balaban J connectivity index is 2.38. The van der Waals surface area contributed by atoms with Crippen molar-refractivity contribution in [3.8, 4) is 17.0 Å². The van der Waals surface area contributed by atoms with Gasteiger partial charge in [-0.25, -0.2) is 0 Å². The van der Waals surface area contributed by atoms with Gasteiger partial charge in [-0.05, 0) is 30.7 Å². The van der Waals surface area contributed by atoms with Crippen molar-refractivity contribution in [1.29, 1.82) is 0 Å².